The summed E-state index contributed by atoms with van der Waals surface area (Å²) in [6, 6.07) is 0. The van der Waals surface area contributed by atoms with Gasteiger partial charge in [0.25, 0.3) is 0 Å². The van der Waals surface area contributed by atoms with Gasteiger partial charge in [0.2, 0.25) is 12.0 Å². The lowest BCUT2D eigenvalue weighted by molar-refractivity contribution is -0.145. The van der Waals surface area contributed by atoms with Gasteiger partial charge in [-0.15, -0.1) is 0 Å². The van der Waals surface area contributed by atoms with Crippen molar-refractivity contribution < 1.29 is 13.2 Å². The van der Waals surface area contributed by atoms with Crippen molar-refractivity contribution in [2.75, 3.05) is 6.26 Å². The van der Waals surface area contributed by atoms with Crippen LogP contribution in [0.2, 0.25) is 0 Å². The molecule has 1 rings (SSSR count). The number of rotatable bonds is 2. The molecular formula is C9H9F3N4S. The fourth-order valence-electron chi connectivity index (χ4n) is 1.03. The molecule has 1 heterocycles. The standard InChI is InChI=1S/C9H9F3N4S/c1-6(17(2)16-5-13)7-3-14-8(15-4-7)9(10,11)12/h3-4,6H,1-2H3. The first-order valence-electron chi connectivity index (χ1n) is 4.50. The zero-order chi connectivity index (χ0) is 13.1. The van der Waals surface area contributed by atoms with Crippen molar-refractivity contribution in [1.29, 1.82) is 5.26 Å². The van der Waals surface area contributed by atoms with Crippen LogP contribution in [0.4, 0.5) is 13.2 Å². The minimum absolute atomic E-state index is 0.183. The molecule has 2 atom stereocenters. The Morgan fingerprint density at radius 1 is 1.41 bits per heavy atom. The summed E-state index contributed by atoms with van der Waals surface area (Å²) in [6.07, 6.45) is 1.11. The Kier molecular flexibility index (Phi) is 4.17. The second-order valence-electron chi connectivity index (χ2n) is 3.19. The molecule has 1 aromatic rings. The Morgan fingerprint density at radius 3 is 2.35 bits per heavy atom. The van der Waals surface area contributed by atoms with Crippen molar-refractivity contribution >= 4 is 10.7 Å². The molecule has 0 radical (unpaired) electrons. The van der Waals surface area contributed by atoms with E-state index in [1.807, 2.05) is 0 Å². The van der Waals surface area contributed by atoms with Crippen LogP contribution in [0.3, 0.4) is 0 Å². The average molecular weight is 262 g/mol. The van der Waals surface area contributed by atoms with Gasteiger partial charge < -0.3 is 0 Å². The average Bonchev–Trinajstić information content (AvgIpc) is 2.27. The third kappa shape index (κ3) is 3.49. The van der Waals surface area contributed by atoms with Gasteiger partial charge in [0.05, 0.1) is 0 Å². The molecule has 8 heteroatoms. The molecule has 1 aromatic heterocycles. The first-order valence-corrected chi connectivity index (χ1v) is 6.15. The third-order valence-corrected chi connectivity index (χ3v) is 3.76. The van der Waals surface area contributed by atoms with Crippen molar-refractivity contribution in [1.82, 2.24) is 9.97 Å². The van der Waals surface area contributed by atoms with Gasteiger partial charge in [0.1, 0.15) is 0 Å². The molecule has 17 heavy (non-hydrogen) atoms. The van der Waals surface area contributed by atoms with E-state index in [0.717, 1.165) is 12.4 Å². The summed E-state index contributed by atoms with van der Waals surface area (Å²) >= 11 is 0. The predicted octanol–water partition coefficient (Wildman–Crippen LogP) is 2.47. The molecule has 0 saturated carbocycles. The van der Waals surface area contributed by atoms with Crippen LogP contribution in [0.5, 0.6) is 0 Å². The Balaban J connectivity index is 2.97. The fraction of sp³-hybridized carbons (Fsp3) is 0.444. The van der Waals surface area contributed by atoms with Crippen LogP contribution in [0, 0.1) is 11.5 Å². The number of hydrogen-bond donors (Lipinski definition) is 0. The van der Waals surface area contributed by atoms with Crippen molar-refractivity contribution in [3.8, 4) is 6.19 Å². The van der Waals surface area contributed by atoms with E-state index in [4.69, 9.17) is 5.26 Å². The number of alkyl halides is 3. The molecule has 4 nitrogen and oxygen atoms in total. The molecule has 0 aliphatic carbocycles. The molecular weight excluding hydrogens is 253 g/mol. The number of nitriles is 1. The Morgan fingerprint density at radius 2 is 1.94 bits per heavy atom. The van der Waals surface area contributed by atoms with E-state index in [1.54, 1.807) is 19.4 Å². The van der Waals surface area contributed by atoms with E-state index in [-0.39, 0.29) is 5.25 Å². The topological polar surface area (TPSA) is 61.9 Å². The molecule has 0 bridgehead atoms. The number of hydrogen-bond acceptors (Lipinski definition) is 4. The van der Waals surface area contributed by atoms with Crippen molar-refractivity contribution in [3.05, 3.63) is 23.8 Å². The quantitative estimate of drug-likeness (QED) is 0.769. The zero-order valence-electron chi connectivity index (χ0n) is 9.06. The van der Waals surface area contributed by atoms with E-state index in [1.165, 1.54) is 0 Å². The molecule has 0 saturated heterocycles. The van der Waals surface area contributed by atoms with Crippen LogP contribution in [0.1, 0.15) is 23.6 Å². The molecule has 0 aliphatic heterocycles. The maximum Gasteiger partial charge on any atom is 0.451 e. The molecule has 0 spiro atoms. The molecule has 0 N–H and O–H groups in total. The van der Waals surface area contributed by atoms with E-state index in [0.29, 0.717) is 5.56 Å². The lowest BCUT2D eigenvalue weighted by atomic mass is 10.2. The van der Waals surface area contributed by atoms with Crippen LogP contribution < -0.4 is 0 Å². The van der Waals surface area contributed by atoms with Gasteiger partial charge in [-0.1, -0.05) is 10.7 Å². The van der Waals surface area contributed by atoms with Crippen LogP contribution in [0.15, 0.2) is 16.8 Å². The van der Waals surface area contributed by atoms with E-state index < -0.39 is 22.7 Å². The highest BCUT2D eigenvalue weighted by Crippen LogP contribution is 2.26. The van der Waals surface area contributed by atoms with Gasteiger partial charge in [-0.05, 0) is 13.2 Å². The predicted molar refractivity (Wildman–Crippen MR) is 56.8 cm³/mol. The van der Waals surface area contributed by atoms with Gasteiger partial charge in [-0.2, -0.15) is 22.8 Å². The highest BCUT2D eigenvalue weighted by Gasteiger charge is 2.34. The lowest BCUT2D eigenvalue weighted by Crippen LogP contribution is -2.12. The highest BCUT2D eigenvalue weighted by atomic mass is 32.2. The summed E-state index contributed by atoms with van der Waals surface area (Å²) in [4.78, 5) is 6.51. The smallest absolute Gasteiger partial charge is 0.233 e. The molecule has 2 unspecified atom stereocenters. The Labute approximate surface area is 98.6 Å². The van der Waals surface area contributed by atoms with E-state index >= 15 is 0 Å². The van der Waals surface area contributed by atoms with Gasteiger partial charge >= 0.3 is 6.18 Å². The molecule has 92 valence electrons. The molecule has 0 aliphatic rings. The molecule has 0 amide bonds. The number of aromatic nitrogens is 2. The summed E-state index contributed by atoms with van der Waals surface area (Å²) < 4.78 is 40.3. The second-order valence-corrected chi connectivity index (χ2v) is 5.13. The van der Waals surface area contributed by atoms with E-state index in [2.05, 4.69) is 14.3 Å². The minimum Gasteiger partial charge on any atom is -0.233 e. The third-order valence-electron chi connectivity index (χ3n) is 2.09. The monoisotopic (exact) mass is 262 g/mol. The summed E-state index contributed by atoms with van der Waals surface area (Å²) in [7, 11) is -0.591. The summed E-state index contributed by atoms with van der Waals surface area (Å²) in [5.41, 5.74) is 0.530. The minimum atomic E-state index is -4.54. The van der Waals surface area contributed by atoms with Crippen molar-refractivity contribution in [2.24, 2.45) is 4.36 Å². The Bertz CT molecular complexity index is 461. The highest BCUT2D eigenvalue weighted by molar-refractivity contribution is 7.86. The van der Waals surface area contributed by atoms with Gasteiger partial charge in [0, 0.05) is 23.2 Å². The Hall–Kier alpha value is -1.49. The summed E-state index contributed by atoms with van der Waals surface area (Å²) in [5.74, 6) is -1.17. The fourth-order valence-corrected chi connectivity index (χ4v) is 1.84. The number of halogens is 3. The maximum absolute atomic E-state index is 12.2. The van der Waals surface area contributed by atoms with Crippen molar-refractivity contribution in [2.45, 2.75) is 18.3 Å². The van der Waals surface area contributed by atoms with Gasteiger partial charge in [0.15, 0.2) is 0 Å². The zero-order valence-corrected chi connectivity index (χ0v) is 9.88. The van der Waals surface area contributed by atoms with Crippen LogP contribution in [-0.2, 0) is 16.9 Å². The first-order chi connectivity index (χ1) is 7.86. The molecule has 0 aromatic carbocycles. The SMILES string of the molecule is CC(c1cnc(C(F)(F)F)nc1)S(C)=NC#N. The lowest BCUT2D eigenvalue weighted by Gasteiger charge is -2.11. The summed E-state index contributed by atoms with van der Waals surface area (Å²) in [6.45, 7) is 1.76. The first kappa shape index (κ1) is 13.6. The largest absolute Gasteiger partial charge is 0.451 e. The van der Waals surface area contributed by atoms with E-state index in [9.17, 15) is 13.2 Å². The van der Waals surface area contributed by atoms with Crippen LogP contribution in [0.25, 0.3) is 0 Å². The maximum atomic E-state index is 12.2. The van der Waals surface area contributed by atoms with Gasteiger partial charge in [-0.3, -0.25) is 0 Å². The number of nitrogens with zero attached hydrogens (tertiary/aromatic N) is 4. The normalized spacial score (nSPS) is 15.3. The van der Waals surface area contributed by atoms with Crippen molar-refractivity contribution in [3.63, 3.8) is 0 Å². The van der Waals surface area contributed by atoms with Crippen LogP contribution >= 0.6 is 0 Å². The van der Waals surface area contributed by atoms with Gasteiger partial charge in [-0.25, -0.2) is 9.97 Å². The second kappa shape index (κ2) is 5.23. The molecule has 0 fully saturated rings. The summed E-state index contributed by atoms with van der Waals surface area (Å²) in [5, 5.41) is 8.21. The van der Waals surface area contributed by atoms with Crippen LogP contribution in [-0.4, -0.2) is 16.2 Å².